The average Bonchev–Trinajstić information content (AvgIpc) is 2.71. The summed E-state index contributed by atoms with van der Waals surface area (Å²) in [6.45, 7) is 0. The van der Waals surface area contributed by atoms with Crippen LogP contribution in [0.3, 0.4) is 0 Å². The van der Waals surface area contributed by atoms with Crippen LogP contribution < -0.4 is 0 Å². The SMILES string of the molecule is O=C1C[C@@H](c2ccccc2)SS[C@@H](c2ccccc2)C1. The van der Waals surface area contributed by atoms with Crippen LogP contribution in [0.15, 0.2) is 60.7 Å². The zero-order chi connectivity index (χ0) is 13.8. The van der Waals surface area contributed by atoms with E-state index in [4.69, 9.17) is 0 Å². The summed E-state index contributed by atoms with van der Waals surface area (Å²) in [5, 5.41) is 0.560. The van der Waals surface area contributed by atoms with Crippen LogP contribution in [-0.2, 0) is 4.79 Å². The molecule has 1 heterocycles. The molecule has 0 saturated carbocycles. The third-order valence-corrected chi connectivity index (χ3v) is 6.64. The number of hydrogen-bond donors (Lipinski definition) is 0. The lowest BCUT2D eigenvalue weighted by Gasteiger charge is -2.14. The number of hydrogen-bond acceptors (Lipinski definition) is 3. The van der Waals surface area contributed by atoms with Crippen molar-refractivity contribution in [3.8, 4) is 0 Å². The molecule has 3 rings (SSSR count). The first-order valence-corrected chi connectivity index (χ1v) is 9.04. The molecule has 0 aliphatic carbocycles. The lowest BCUT2D eigenvalue weighted by molar-refractivity contribution is -0.119. The number of rotatable bonds is 2. The van der Waals surface area contributed by atoms with Gasteiger partial charge in [-0.15, -0.1) is 0 Å². The van der Waals surface area contributed by atoms with Crippen molar-refractivity contribution in [2.75, 3.05) is 0 Å². The standard InChI is InChI=1S/C17H16OS2/c18-15-11-16(13-7-3-1-4-8-13)19-20-17(12-15)14-9-5-2-6-10-14/h1-10,16-17H,11-12H2/t16-,17+. The van der Waals surface area contributed by atoms with Crippen LogP contribution in [0.1, 0.15) is 34.5 Å². The molecule has 0 amide bonds. The first-order valence-electron chi connectivity index (χ1n) is 6.76. The Hall–Kier alpha value is -1.19. The summed E-state index contributed by atoms with van der Waals surface area (Å²) in [5.74, 6) is 0.366. The highest BCUT2D eigenvalue weighted by Gasteiger charge is 2.27. The van der Waals surface area contributed by atoms with Gasteiger partial charge in [-0.3, -0.25) is 4.79 Å². The highest BCUT2D eigenvalue weighted by molar-refractivity contribution is 8.76. The van der Waals surface area contributed by atoms with Gasteiger partial charge in [0.25, 0.3) is 0 Å². The molecule has 2 atom stereocenters. The van der Waals surface area contributed by atoms with E-state index in [1.54, 1.807) is 0 Å². The third kappa shape index (κ3) is 3.28. The van der Waals surface area contributed by atoms with Crippen LogP contribution >= 0.6 is 21.6 Å². The molecule has 2 aromatic carbocycles. The summed E-state index contributed by atoms with van der Waals surface area (Å²) in [4.78, 5) is 12.2. The molecule has 0 N–H and O–H groups in total. The molecule has 0 unspecified atom stereocenters. The Labute approximate surface area is 127 Å². The van der Waals surface area contributed by atoms with E-state index in [9.17, 15) is 4.79 Å². The van der Waals surface area contributed by atoms with Crippen molar-refractivity contribution in [1.82, 2.24) is 0 Å². The van der Waals surface area contributed by atoms with Crippen molar-refractivity contribution in [2.45, 2.75) is 23.3 Å². The van der Waals surface area contributed by atoms with E-state index in [0.29, 0.717) is 18.6 Å². The topological polar surface area (TPSA) is 17.1 Å². The van der Waals surface area contributed by atoms with Gasteiger partial charge in [-0.05, 0) is 11.1 Å². The van der Waals surface area contributed by atoms with Gasteiger partial charge in [-0.25, -0.2) is 0 Å². The van der Waals surface area contributed by atoms with Crippen LogP contribution in [0.2, 0.25) is 0 Å². The maximum atomic E-state index is 12.2. The zero-order valence-electron chi connectivity index (χ0n) is 11.1. The molecule has 1 aliphatic heterocycles. The molecule has 20 heavy (non-hydrogen) atoms. The Bertz CT molecular complexity index is 517. The molecule has 1 saturated heterocycles. The van der Waals surface area contributed by atoms with E-state index < -0.39 is 0 Å². The second-order valence-electron chi connectivity index (χ2n) is 4.94. The maximum Gasteiger partial charge on any atom is 0.135 e. The summed E-state index contributed by atoms with van der Waals surface area (Å²) in [6.07, 6.45) is 1.29. The monoisotopic (exact) mass is 300 g/mol. The van der Waals surface area contributed by atoms with Crippen LogP contribution in [0.25, 0.3) is 0 Å². The van der Waals surface area contributed by atoms with E-state index in [0.717, 1.165) is 0 Å². The average molecular weight is 300 g/mol. The molecule has 1 fully saturated rings. The fraction of sp³-hybridized carbons (Fsp3) is 0.235. The fourth-order valence-electron chi connectivity index (χ4n) is 2.38. The molecular formula is C17H16OS2. The molecule has 1 aliphatic rings. The minimum Gasteiger partial charge on any atom is -0.300 e. The van der Waals surface area contributed by atoms with Gasteiger partial charge in [0.05, 0.1) is 0 Å². The van der Waals surface area contributed by atoms with Gasteiger partial charge in [0.15, 0.2) is 0 Å². The summed E-state index contributed by atoms with van der Waals surface area (Å²) in [7, 11) is 3.68. The largest absolute Gasteiger partial charge is 0.300 e. The smallest absolute Gasteiger partial charge is 0.135 e. The molecule has 0 radical (unpaired) electrons. The predicted molar refractivity (Wildman–Crippen MR) is 87.8 cm³/mol. The van der Waals surface area contributed by atoms with E-state index in [1.807, 2.05) is 58.0 Å². The highest BCUT2D eigenvalue weighted by atomic mass is 33.1. The predicted octanol–water partition coefficient (Wildman–Crippen LogP) is 5.21. The molecule has 3 heteroatoms. The molecule has 1 nitrogen and oxygen atoms in total. The van der Waals surface area contributed by atoms with Gasteiger partial charge in [-0.1, -0.05) is 82.3 Å². The molecule has 0 aromatic heterocycles. The molecule has 0 spiro atoms. The number of ketones is 1. The first kappa shape index (κ1) is 13.8. The van der Waals surface area contributed by atoms with Crippen LogP contribution in [0, 0.1) is 0 Å². The van der Waals surface area contributed by atoms with E-state index in [-0.39, 0.29) is 10.5 Å². The second-order valence-corrected chi connectivity index (χ2v) is 7.62. The number of carbonyl (C=O) groups is 1. The molecular weight excluding hydrogens is 284 g/mol. The lowest BCUT2D eigenvalue weighted by atomic mass is 10.0. The van der Waals surface area contributed by atoms with Gasteiger partial charge >= 0.3 is 0 Å². The van der Waals surface area contributed by atoms with Gasteiger partial charge in [0.2, 0.25) is 0 Å². The summed E-state index contributed by atoms with van der Waals surface area (Å²) >= 11 is 0. The van der Waals surface area contributed by atoms with Crippen LogP contribution in [0.4, 0.5) is 0 Å². The molecule has 0 bridgehead atoms. The van der Waals surface area contributed by atoms with Crippen molar-refractivity contribution in [2.24, 2.45) is 0 Å². The van der Waals surface area contributed by atoms with E-state index in [2.05, 4.69) is 24.3 Å². The summed E-state index contributed by atoms with van der Waals surface area (Å²) in [6, 6.07) is 20.7. The number of Topliss-reactive ketones (excluding diaryl/α,β-unsaturated/α-hetero) is 1. The highest BCUT2D eigenvalue weighted by Crippen LogP contribution is 2.51. The van der Waals surface area contributed by atoms with Crippen molar-refractivity contribution in [3.05, 3.63) is 71.8 Å². The quantitative estimate of drug-likeness (QED) is 0.708. The normalized spacial score (nSPS) is 23.3. The Kier molecular flexibility index (Phi) is 4.48. The number of benzene rings is 2. The van der Waals surface area contributed by atoms with E-state index >= 15 is 0 Å². The Morgan fingerprint density at radius 3 is 1.50 bits per heavy atom. The summed E-state index contributed by atoms with van der Waals surface area (Å²) in [5.41, 5.74) is 2.51. The molecule has 102 valence electrons. The van der Waals surface area contributed by atoms with Gasteiger partial charge in [-0.2, -0.15) is 0 Å². The Balaban J connectivity index is 1.77. The Morgan fingerprint density at radius 1 is 0.700 bits per heavy atom. The molecule has 2 aromatic rings. The fourth-order valence-corrected chi connectivity index (χ4v) is 5.57. The zero-order valence-corrected chi connectivity index (χ0v) is 12.7. The van der Waals surface area contributed by atoms with Gasteiger partial charge < -0.3 is 0 Å². The lowest BCUT2D eigenvalue weighted by Crippen LogP contribution is -2.04. The van der Waals surface area contributed by atoms with Gasteiger partial charge in [0, 0.05) is 23.3 Å². The second kappa shape index (κ2) is 6.51. The minimum absolute atomic E-state index is 0.280. The first-order chi connectivity index (χ1) is 9.83. The maximum absolute atomic E-state index is 12.2. The van der Waals surface area contributed by atoms with Crippen LogP contribution in [-0.4, -0.2) is 5.78 Å². The van der Waals surface area contributed by atoms with Crippen molar-refractivity contribution in [3.63, 3.8) is 0 Å². The van der Waals surface area contributed by atoms with Crippen molar-refractivity contribution < 1.29 is 4.79 Å². The van der Waals surface area contributed by atoms with Crippen LogP contribution in [0.5, 0.6) is 0 Å². The van der Waals surface area contributed by atoms with Crippen molar-refractivity contribution in [1.29, 1.82) is 0 Å². The van der Waals surface area contributed by atoms with Crippen molar-refractivity contribution >= 4 is 27.4 Å². The Morgan fingerprint density at radius 2 is 1.10 bits per heavy atom. The number of carbonyl (C=O) groups excluding carboxylic acids is 1. The van der Waals surface area contributed by atoms with E-state index in [1.165, 1.54) is 11.1 Å². The minimum atomic E-state index is 0.280. The third-order valence-electron chi connectivity index (χ3n) is 3.46. The summed E-state index contributed by atoms with van der Waals surface area (Å²) < 4.78 is 0. The van der Waals surface area contributed by atoms with Gasteiger partial charge in [0.1, 0.15) is 5.78 Å².